The maximum atomic E-state index is 4.58. The van der Waals surface area contributed by atoms with Crippen molar-refractivity contribution in [3.8, 4) is 0 Å². The third-order valence-electron chi connectivity index (χ3n) is 1.99. The second-order valence-electron chi connectivity index (χ2n) is 3.10. The summed E-state index contributed by atoms with van der Waals surface area (Å²) in [6.45, 7) is 3.16. The van der Waals surface area contributed by atoms with Gasteiger partial charge in [-0.05, 0) is 13.0 Å². The lowest BCUT2D eigenvalue weighted by atomic mass is 10.3. The zero-order valence-corrected chi connectivity index (χ0v) is 8.34. The highest BCUT2D eigenvalue weighted by Crippen LogP contribution is 1.99. The maximum absolute atomic E-state index is 4.58. The fourth-order valence-electron chi connectivity index (χ4n) is 1.14. The molecule has 1 N–H and O–H groups in total. The van der Waals surface area contributed by atoms with Crippen molar-refractivity contribution in [2.24, 2.45) is 0 Å². The van der Waals surface area contributed by atoms with E-state index in [1.165, 1.54) is 6.33 Å². The van der Waals surface area contributed by atoms with Gasteiger partial charge < -0.3 is 5.32 Å². The van der Waals surface area contributed by atoms with E-state index in [9.17, 15) is 0 Å². The van der Waals surface area contributed by atoms with Crippen molar-refractivity contribution in [3.63, 3.8) is 0 Å². The summed E-state index contributed by atoms with van der Waals surface area (Å²) in [7, 11) is 0. The number of rotatable bonds is 4. The van der Waals surface area contributed by atoms with Crippen LogP contribution in [0.4, 0.5) is 0 Å². The first kappa shape index (κ1) is 9.72. The topological polar surface area (TPSA) is 76.7 Å². The lowest BCUT2D eigenvalue weighted by Gasteiger charge is -2.00. The van der Waals surface area contributed by atoms with Gasteiger partial charge in [-0.1, -0.05) is 10.3 Å². The molecule has 2 heterocycles. The Kier molecular flexibility index (Phi) is 2.99. The van der Waals surface area contributed by atoms with Crippen molar-refractivity contribution in [1.82, 2.24) is 25.6 Å². The van der Waals surface area contributed by atoms with Crippen LogP contribution in [0.25, 0.3) is 0 Å². The van der Waals surface area contributed by atoms with Gasteiger partial charge in [-0.2, -0.15) is 0 Å². The standard InChI is InChI=1S/C9H11N5O/c1-7-9(14-15-13-7)5-11-4-8-2-3-10-6-12-8/h2-3,6,11H,4-5H2,1H3. The highest BCUT2D eigenvalue weighted by molar-refractivity contribution is 5.04. The minimum atomic E-state index is 0.624. The zero-order chi connectivity index (χ0) is 10.5. The highest BCUT2D eigenvalue weighted by Gasteiger charge is 2.03. The van der Waals surface area contributed by atoms with Gasteiger partial charge in [0.2, 0.25) is 0 Å². The predicted molar refractivity (Wildman–Crippen MR) is 51.6 cm³/mol. The maximum Gasteiger partial charge on any atom is 0.121 e. The van der Waals surface area contributed by atoms with Gasteiger partial charge in [-0.3, -0.25) is 0 Å². The molecule has 0 saturated heterocycles. The van der Waals surface area contributed by atoms with E-state index in [1.807, 2.05) is 13.0 Å². The average Bonchev–Trinajstić information content (AvgIpc) is 2.66. The van der Waals surface area contributed by atoms with Crippen LogP contribution in [0, 0.1) is 6.92 Å². The molecule has 0 atom stereocenters. The minimum Gasteiger partial charge on any atom is -0.305 e. The largest absolute Gasteiger partial charge is 0.305 e. The summed E-state index contributed by atoms with van der Waals surface area (Å²) in [5.41, 5.74) is 2.58. The van der Waals surface area contributed by atoms with E-state index in [1.54, 1.807) is 6.20 Å². The van der Waals surface area contributed by atoms with Crippen molar-refractivity contribution in [3.05, 3.63) is 35.7 Å². The number of aromatic nitrogens is 4. The van der Waals surface area contributed by atoms with E-state index >= 15 is 0 Å². The number of nitrogens with zero attached hydrogens (tertiary/aromatic N) is 4. The fourth-order valence-corrected chi connectivity index (χ4v) is 1.14. The molecule has 0 aliphatic rings. The van der Waals surface area contributed by atoms with Crippen molar-refractivity contribution < 1.29 is 4.63 Å². The van der Waals surface area contributed by atoms with Gasteiger partial charge in [0, 0.05) is 19.3 Å². The molecule has 0 amide bonds. The SMILES string of the molecule is Cc1nonc1CNCc1ccncn1. The molecular formula is C9H11N5O. The summed E-state index contributed by atoms with van der Waals surface area (Å²) in [6, 6.07) is 1.86. The molecular weight excluding hydrogens is 194 g/mol. The van der Waals surface area contributed by atoms with E-state index in [4.69, 9.17) is 0 Å². The van der Waals surface area contributed by atoms with Crippen LogP contribution in [0.5, 0.6) is 0 Å². The monoisotopic (exact) mass is 205 g/mol. The Labute approximate surface area is 86.7 Å². The Morgan fingerprint density at radius 3 is 2.93 bits per heavy atom. The van der Waals surface area contributed by atoms with Crippen LogP contribution in [-0.4, -0.2) is 20.3 Å². The fraction of sp³-hybridized carbons (Fsp3) is 0.333. The van der Waals surface area contributed by atoms with Gasteiger partial charge in [-0.25, -0.2) is 14.6 Å². The summed E-state index contributed by atoms with van der Waals surface area (Å²) >= 11 is 0. The molecule has 0 radical (unpaired) electrons. The number of hydrogen-bond acceptors (Lipinski definition) is 6. The Hall–Kier alpha value is -1.82. The average molecular weight is 205 g/mol. The van der Waals surface area contributed by atoms with Crippen molar-refractivity contribution in [1.29, 1.82) is 0 Å². The van der Waals surface area contributed by atoms with Crippen LogP contribution in [-0.2, 0) is 13.1 Å². The molecule has 15 heavy (non-hydrogen) atoms. The van der Waals surface area contributed by atoms with Gasteiger partial charge in [0.15, 0.2) is 0 Å². The van der Waals surface area contributed by atoms with Gasteiger partial charge in [0.05, 0.1) is 5.69 Å². The molecule has 0 unspecified atom stereocenters. The van der Waals surface area contributed by atoms with Crippen molar-refractivity contribution >= 4 is 0 Å². The van der Waals surface area contributed by atoms with E-state index in [0.717, 1.165) is 17.1 Å². The molecule has 0 aromatic carbocycles. The Balaban J connectivity index is 1.83. The molecule has 0 aliphatic heterocycles. The molecule has 0 spiro atoms. The van der Waals surface area contributed by atoms with Crippen LogP contribution < -0.4 is 5.32 Å². The first-order valence-corrected chi connectivity index (χ1v) is 4.60. The first-order chi connectivity index (χ1) is 7.36. The van der Waals surface area contributed by atoms with Crippen LogP contribution in [0.2, 0.25) is 0 Å². The second kappa shape index (κ2) is 4.61. The van der Waals surface area contributed by atoms with Gasteiger partial charge in [0.25, 0.3) is 0 Å². The lowest BCUT2D eigenvalue weighted by molar-refractivity contribution is 0.300. The van der Waals surface area contributed by atoms with E-state index in [2.05, 4.69) is 30.2 Å². The smallest absolute Gasteiger partial charge is 0.121 e. The van der Waals surface area contributed by atoms with E-state index in [0.29, 0.717) is 13.1 Å². The van der Waals surface area contributed by atoms with Crippen LogP contribution in [0.1, 0.15) is 17.1 Å². The lowest BCUT2D eigenvalue weighted by Crippen LogP contribution is -2.14. The van der Waals surface area contributed by atoms with Crippen molar-refractivity contribution in [2.75, 3.05) is 0 Å². The molecule has 78 valence electrons. The Bertz CT molecular complexity index is 413. The quantitative estimate of drug-likeness (QED) is 0.781. The van der Waals surface area contributed by atoms with E-state index < -0.39 is 0 Å². The summed E-state index contributed by atoms with van der Waals surface area (Å²) in [4.78, 5) is 7.93. The Morgan fingerprint density at radius 1 is 1.33 bits per heavy atom. The third-order valence-corrected chi connectivity index (χ3v) is 1.99. The number of aryl methyl sites for hydroxylation is 1. The summed E-state index contributed by atoms with van der Waals surface area (Å²) in [5, 5.41) is 10.6. The van der Waals surface area contributed by atoms with Crippen LogP contribution >= 0.6 is 0 Å². The molecule has 2 rings (SSSR count). The molecule has 0 bridgehead atoms. The molecule has 0 aliphatic carbocycles. The first-order valence-electron chi connectivity index (χ1n) is 4.60. The number of hydrogen-bond donors (Lipinski definition) is 1. The van der Waals surface area contributed by atoms with Gasteiger partial charge in [-0.15, -0.1) is 0 Å². The van der Waals surface area contributed by atoms with E-state index in [-0.39, 0.29) is 0 Å². The molecule has 6 nitrogen and oxygen atoms in total. The summed E-state index contributed by atoms with van der Waals surface area (Å²) in [6.07, 6.45) is 3.24. The van der Waals surface area contributed by atoms with Crippen LogP contribution in [0.3, 0.4) is 0 Å². The normalized spacial score (nSPS) is 10.5. The van der Waals surface area contributed by atoms with Crippen LogP contribution in [0.15, 0.2) is 23.2 Å². The third kappa shape index (κ3) is 2.57. The second-order valence-corrected chi connectivity index (χ2v) is 3.10. The summed E-state index contributed by atoms with van der Waals surface area (Å²) < 4.78 is 4.58. The Morgan fingerprint density at radius 2 is 2.27 bits per heavy atom. The molecule has 0 saturated carbocycles. The molecule has 0 fully saturated rings. The number of nitrogens with one attached hydrogen (secondary N) is 1. The summed E-state index contributed by atoms with van der Waals surface area (Å²) in [5.74, 6) is 0. The van der Waals surface area contributed by atoms with Crippen molar-refractivity contribution in [2.45, 2.75) is 20.0 Å². The van der Waals surface area contributed by atoms with Gasteiger partial charge >= 0.3 is 0 Å². The molecule has 2 aromatic rings. The molecule has 2 aromatic heterocycles. The minimum absolute atomic E-state index is 0.624. The van der Waals surface area contributed by atoms with Gasteiger partial charge in [0.1, 0.15) is 17.7 Å². The predicted octanol–water partition coefficient (Wildman–Crippen LogP) is 0.458. The molecule has 6 heteroatoms. The zero-order valence-electron chi connectivity index (χ0n) is 8.34. The highest BCUT2D eigenvalue weighted by atomic mass is 16.6.